The summed E-state index contributed by atoms with van der Waals surface area (Å²) >= 11 is 0. The number of nitrogens with zero attached hydrogens (tertiary/aromatic N) is 3. The number of carbonyl (C=O) groups excluding carboxylic acids is 1. The Kier molecular flexibility index (Phi) is 2.75. The van der Waals surface area contributed by atoms with Crippen molar-refractivity contribution in [3.8, 4) is 0 Å². The Labute approximate surface area is 109 Å². The van der Waals surface area contributed by atoms with Crippen LogP contribution in [0.25, 0.3) is 0 Å². The number of guanidine groups is 1. The van der Waals surface area contributed by atoms with Gasteiger partial charge in [-0.25, -0.2) is 4.99 Å². The summed E-state index contributed by atoms with van der Waals surface area (Å²) in [7, 11) is 0. The van der Waals surface area contributed by atoms with Gasteiger partial charge in [-0.3, -0.25) is 14.8 Å². The number of aromatic nitrogens is 2. The number of carbonyl (C=O) groups is 1. The van der Waals surface area contributed by atoms with E-state index in [0.717, 1.165) is 11.1 Å². The summed E-state index contributed by atoms with van der Waals surface area (Å²) < 4.78 is 1.78. The highest BCUT2D eigenvalue weighted by molar-refractivity contribution is 6.04. The molecule has 3 rings (SSSR count). The molecule has 0 aliphatic carbocycles. The minimum absolute atomic E-state index is 0.158. The summed E-state index contributed by atoms with van der Waals surface area (Å²) in [6.07, 6.45) is 3.47. The standard InChI is InChI=1S/C13H13N5O/c14-13-16-11(12(19)17-13)10-6-15-18(8-10)7-9-4-2-1-3-5-9/h1-6,8,11H,7H2,(H3,14,16,17,19). The lowest BCUT2D eigenvalue weighted by Crippen LogP contribution is -2.31. The summed E-state index contributed by atoms with van der Waals surface area (Å²) in [4.78, 5) is 15.7. The molecule has 0 fully saturated rings. The van der Waals surface area contributed by atoms with Crippen molar-refractivity contribution in [1.29, 1.82) is 0 Å². The van der Waals surface area contributed by atoms with Gasteiger partial charge in [0.25, 0.3) is 5.91 Å². The third kappa shape index (κ3) is 2.33. The molecule has 1 unspecified atom stereocenters. The Morgan fingerprint density at radius 3 is 2.79 bits per heavy atom. The molecule has 0 saturated carbocycles. The topological polar surface area (TPSA) is 85.3 Å². The first-order valence-electron chi connectivity index (χ1n) is 5.93. The van der Waals surface area contributed by atoms with Crippen LogP contribution in [0, 0.1) is 0 Å². The zero-order valence-corrected chi connectivity index (χ0v) is 10.2. The fraction of sp³-hybridized carbons (Fsp3) is 0.154. The van der Waals surface area contributed by atoms with Gasteiger partial charge in [0.05, 0.1) is 12.7 Å². The van der Waals surface area contributed by atoms with Crippen LogP contribution < -0.4 is 11.1 Å². The molecule has 6 nitrogen and oxygen atoms in total. The van der Waals surface area contributed by atoms with Crippen LogP contribution in [0.1, 0.15) is 17.2 Å². The molecule has 1 amide bonds. The highest BCUT2D eigenvalue weighted by Crippen LogP contribution is 2.20. The van der Waals surface area contributed by atoms with E-state index >= 15 is 0 Å². The number of hydrogen-bond donors (Lipinski definition) is 2. The van der Waals surface area contributed by atoms with Crippen LogP contribution in [-0.2, 0) is 11.3 Å². The number of nitrogens with two attached hydrogens (primary N) is 1. The number of amides is 1. The van der Waals surface area contributed by atoms with E-state index in [9.17, 15) is 4.79 Å². The lowest BCUT2D eigenvalue weighted by Gasteiger charge is -2.02. The second kappa shape index (κ2) is 4.56. The van der Waals surface area contributed by atoms with Crippen LogP contribution in [0.4, 0.5) is 0 Å². The van der Waals surface area contributed by atoms with Crippen molar-refractivity contribution in [2.24, 2.45) is 10.7 Å². The summed E-state index contributed by atoms with van der Waals surface area (Å²) in [6.45, 7) is 0.661. The van der Waals surface area contributed by atoms with Crippen molar-refractivity contribution in [1.82, 2.24) is 15.1 Å². The lowest BCUT2D eigenvalue weighted by molar-refractivity contribution is -0.120. The van der Waals surface area contributed by atoms with Gasteiger partial charge >= 0.3 is 0 Å². The molecule has 3 N–H and O–H groups in total. The molecule has 0 saturated heterocycles. The average Bonchev–Trinajstić information content (AvgIpc) is 2.97. The van der Waals surface area contributed by atoms with Crippen molar-refractivity contribution < 1.29 is 4.79 Å². The molecule has 1 atom stereocenters. The summed E-state index contributed by atoms with van der Waals surface area (Å²) in [6, 6.07) is 9.41. The minimum Gasteiger partial charge on any atom is -0.370 e. The number of benzene rings is 1. The first-order valence-corrected chi connectivity index (χ1v) is 5.93. The molecule has 6 heteroatoms. The first-order chi connectivity index (χ1) is 9.22. The summed E-state index contributed by atoms with van der Waals surface area (Å²) in [5, 5.41) is 6.72. The van der Waals surface area contributed by atoms with E-state index in [1.807, 2.05) is 36.5 Å². The van der Waals surface area contributed by atoms with Gasteiger partial charge in [0.1, 0.15) is 0 Å². The Balaban J connectivity index is 1.79. The van der Waals surface area contributed by atoms with E-state index in [2.05, 4.69) is 15.4 Å². The maximum atomic E-state index is 11.6. The molecule has 1 aromatic heterocycles. The molecule has 1 aliphatic heterocycles. The Bertz CT molecular complexity index is 631. The van der Waals surface area contributed by atoms with Crippen molar-refractivity contribution in [3.05, 3.63) is 53.9 Å². The molecular formula is C13H13N5O. The summed E-state index contributed by atoms with van der Waals surface area (Å²) in [5.74, 6) is -0.0532. The Hall–Kier alpha value is -2.63. The van der Waals surface area contributed by atoms with Gasteiger partial charge in [0, 0.05) is 11.8 Å². The third-order valence-electron chi connectivity index (χ3n) is 2.92. The monoisotopic (exact) mass is 255 g/mol. The highest BCUT2D eigenvalue weighted by atomic mass is 16.2. The fourth-order valence-corrected chi connectivity index (χ4v) is 2.03. The number of aliphatic imine (C=N–C) groups is 1. The van der Waals surface area contributed by atoms with Crippen LogP contribution in [-0.4, -0.2) is 21.6 Å². The first kappa shape index (κ1) is 11.5. The van der Waals surface area contributed by atoms with Crippen LogP contribution in [0.5, 0.6) is 0 Å². The molecule has 2 aromatic rings. The highest BCUT2D eigenvalue weighted by Gasteiger charge is 2.27. The van der Waals surface area contributed by atoms with Gasteiger partial charge in [-0.1, -0.05) is 30.3 Å². The van der Waals surface area contributed by atoms with E-state index in [-0.39, 0.29) is 11.9 Å². The molecule has 0 radical (unpaired) electrons. The fourth-order valence-electron chi connectivity index (χ4n) is 2.03. The van der Waals surface area contributed by atoms with Crippen LogP contribution in [0.15, 0.2) is 47.7 Å². The van der Waals surface area contributed by atoms with E-state index in [0.29, 0.717) is 6.54 Å². The lowest BCUT2D eigenvalue weighted by atomic mass is 10.2. The average molecular weight is 255 g/mol. The zero-order valence-electron chi connectivity index (χ0n) is 10.2. The molecular weight excluding hydrogens is 242 g/mol. The zero-order chi connectivity index (χ0) is 13.2. The van der Waals surface area contributed by atoms with Crippen molar-refractivity contribution in [2.75, 3.05) is 0 Å². The second-order valence-electron chi connectivity index (χ2n) is 4.36. The largest absolute Gasteiger partial charge is 0.370 e. The molecule has 19 heavy (non-hydrogen) atoms. The van der Waals surface area contributed by atoms with Gasteiger partial charge in [-0.15, -0.1) is 0 Å². The van der Waals surface area contributed by atoms with Gasteiger partial charge in [-0.2, -0.15) is 5.10 Å². The maximum Gasteiger partial charge on any atom is 0.256 e. The molecule has 2 heterocycles. The van der Waals surface area contributed by atoms with Gasteiger partial charge < -0.3 is 5.73 Å². The van der Waals surface area contributed by atoms with Crippen LogP contribution >= 0.6 is 0 Å². The SMILES string of the molecule is NC1=NC(c2cnn(Cc3ccccc3)c2)C(=O)N1. The number of nitrogens with one attached hydrogen (secondary N) is 1. The molecule has 1 aromatic carbocycles. The van der Waals surface area contributed by atoms with Gasteiger partial charge in [0.2, 0.25) is 0 Å². The van der Waals surface area contributed by atoms with Crippen LogP contribution in [0.3, 0.4) is 0 Å². The molecule has 0 spiro atoms. The Morgan fingerprint density at radius 2 is 2.11 bits per heavy atom. The van der Waals surface area contributed by atoms with Gasteiger partial charge in [0.15, 0.2) is 12.0 Å². The van der Waals surface area contributed by atoms with E-state index < -0.39 is 6.04 Å². The number of hydrogen-bond acceptors (Lipinski definition) is 4. The normalized spacial score (nSPS) is 18.2. The van der Waals surface area contributed by atoms with E-state index in [4.69, 9.17) is 5.73 Å². The molecule has 1 aliphatic rings. The molecule has 96 valence electrons. The maximum absolute atomic E-state index is 11.6. The third-order valence-corrected chi connectivity index (χ3v) is 2.92. The van der Waals surface area contributed by atoms with Gasteiger partial charge in [-0.05, 0) is 5.56 Å². The van der Waals surface area contributed by atoms with E-state index in [1.165, 1.54) is 0 Å². The summed E-state index contributed by atoms with van der Waals surface area (Å²) in [5.41, 5.74) is 7.37. The van der Waals surface area contributed by atoms with Crippen LogP contribution in [0.2, 0.25) is 0 Å². The quantitative estimate of drug-likeness (QED) is 0.833. The van der Waals surface area contributed by atoms with E-state index in [1.54, 1.807) is 10.9 Å². The minimum atomic E-state index is -0.579. The predicted octanol–water partition coefficient (Wildman–Crippen LogP) is 0.417. The van der Waals surface area contributed by atoms with Crippen molar-refractivity contribution in [3.63, 3.8) is 0 Å². The Morgan fingerprint density at radius 1 is 1.32 bits per heavy atom. The van der Waals surface area contributed by atoms with Crippen molar-refractivity contribution >= 4 is 11.9 Å². The second-order valence-corrected chi connectivity index (χ2v) is 4.36. The number of rotatable bonds is 3. The predicted molar refractivity (Wildman–Crippen MR) is 70.3 cm³/mol. The van der Waals surface area contributed by atoms with Crippen molar-refractivity contribution in [2.45, 2.75) is 12.6 Å². The molecule has 0 bridgehead atoms. The smallest absolute Gasteiger partial charge is 0.256 e.